The van der Waals surface area contributed by atoms with Gasteiger partial charge in [-0.25, -0.2) is 4.39 Å². The van der Waals surface area contributed by atoms with Crippen LogP contribution in [0.4, 0.5) is 10.1 Å². The first kappa shape index (κ1) is 15.4. The van der Waals surface area contributed by atoms with Crippen molar-refractivity contribution in [1.82, 2.24) is 4.90 Å². The number of likely N-dealkylation sites (N-methyl/N-ethyl adjacent to an activating group) is 1. The van der Waals surface area contributed by atoms with Crippen molar-refractivity contribution in [3.05, 3.63) is 28.5 Å². The summed E-state index contributed by atoms with van der Waals surface area (Å²) in [5, 5.41) is 13.0. The number of halogens is 2. The largest absolute Gasteiger partial charge is 0.390 e. The summed E-state index contributed by atoms with van der Waals surface area (Å²) < 4.78 is 13.5. The Labute approximate surface area is 116 Å². The third-order valence-electron chi connectivity index (χ3n) is 2.82. The van der Waals surface area contributed by atoms with E-state index in [-0.39, 0.29) is 5.82 Å². The van der Waals surface area contributed by atoms with Gasteiger partial charge in [-0.05, 0) is 47.2 Å². The van der Waals surface area contributed by atoms with Crippen LogP contribution in [0.2, 0.25) is 0 Å². The van der Waals surface area contributed by atoms with Crippen LogP contribution in [0.1, 0.15) is 13.8 Å². The number of aliphatic hydroxyl groups is 1. The van der Waals surface area contributed by atoms with Crippen LogP contribution >= 0.6 is 15.9 Å². The highest BCUT2D eigenvalue weighted by Gasteiger charge is 2.09. The molecule has 1 atom stereocenters. The highest BCUT2D eigenvalue weighted by molar-refractivity contribution is 9.10. The molecule has 1 rings (SSSR count). The molecular weight excluding hydrogens is 299 g/mol. The number of benzene rings is 1. The minimum atomic E-state index is -0.436. The Morgan fingerprint density at radius 2 is 2.06 bits per heavy atom. The quantitative estimate of drug-likeness (QED) is 0.811. The van der Waals surface area contributed by atoms with Crippen LogP contribution in [0, 0.1) is 5.82 Å². The Balaban J connectivity index is 2.42. The van der Waals surface area contributed by atoms with Crippen LogP contribution in [0.25, 0.3) is 0 Å². The molecule has 0 amide bonds. The lowest BCUT2D eigenvalue weighted by Gasteiger charge is -2.22. The molecule has 1 unspecified atom stereocenters. The number of hydrogen-bond acceptors (Lipinski definition) is 3. The van der Waals surface area contributed by atoms with Crippen molar-refractivity contribution in [1.29, 1.82) is 0 Å². The van der Waals surface area contributed by atoms with Crippen molar-refractivity contribution in [2.75, 3.05) is 31.5 Å². The molecular formula is C13H20BrFN2O. The van der Waals surface area contributed by atoms with Crippen molar-refractivity contribution in [3.63, 3.8) is 0 Å². The molecule has 0 aliphatic rings. The van der Waals surface area contributed by atoms with Crippen LogP contribution in [0.15, 0.2) is 22.7 Å². The first-order valence-corrected chi connectivity index (χ1v) is 6.95. The topological polar surface area (TPSA) is 35.5 Å². The van der Waals surface area contributed by atoms with E-state index in [1.54, 1.807) is 12.1 Å². The van der Waals surface area contributed by atoms with E-state index in [4.69, 9.17) is 0 Å². The summed E-state index contributed by atoms with van der Waals surface area (Å²) in [6.45, 7) is 7.09. The summed E-state index contributed by atoms with van der Waals surface area (Å²) in [6, 6.07) is 4.72. The zero-order valence-corrected chi connectivity index (χ0v) is 12.4. The van der Waals surface area contributed by atoms with Crippen LogP contribution < -0.4 is 5.32 Å². The highest BCUT2D eigenvalue weighted by atomic mass is 79.9. The van der Waals surface area contributed by atoms with E-state index >= 15 is 0 Å². The van der Waals surface area contributed by atoms with Gasteiger partial charge >= 0.3 is 0 Å². The lowest BCUT2D eigenvalue weighted by molar-refractivity contribution is 0.128. The summed E-state index contributed by atoms with van der Waals surface area (Å²) in [5.41, 5.74) is 0.793. The zero-order valence-electron chi connectivity index (χ0n) is 10.8. The van der Waals surface area contributed by atoms with E-state index in [1.165, 1.54) is 6.07 Å². The normalized spacial score (nSPS) is 12.8. The van der Waals surface area contributed by atoms with Gasteiger partial charge in [0, 0.05) is 18.8 Å². The first-order chi connectivity index (χ1) is 8.56. The van der Waals surface area contributed by atoms with Gasteiger partial charge in [-0.1, -0.05) is 13.8 Å². The summed E-state index contributed by atoms with van der Waals surface area (Å²) in [7, 11) is 0. The molecule has 0 radical (unpaired) electrons. The summed E-state index contributed by atoms with van der Waals surface area (Å²) in [6.07, 6.45) is -0.436. The Hall–Kier alpha value is -0.650. The molecule has 0 saturated carbocycles. The van der Waals surface area contributed by atoms with Gasteiger partial charge in [0.15, 0.2) is 0 Å². The maximum atomic E-state index is 13.0. The van der Waals surface area contributed by atoms with Crippen molar-refractivity contribution >= 4 is 21.6 Å². The van der Waals surface area contributed by atoms with Gasteiger partial charge in [0.25, 0.3) is 0 Å². The second kappa shape index (κ2) is 7.71. The molecule has 0 fully saturated rings. The maximum absolute atomic E-state index is 13.0. The third-order valence-corrected chi connectivity index (χ3v) is 3.43. The molecule has 3 nitrogen and oxygen atoms in total. The number of hydrogen-bond donors (Lipinski definition) is 2. The van der Waals surface area contributed by atoms with Crippen molar-refractivity contribution in [2.24, 2.45) is 0 Å². The van der Waals surface area contributed by atoms with Gasteiger partial charge in [0.1, 0.15) is 5.82 Å². The number of anilines is 1. The molecule has 1 aromatic rings. The van der Waals surface area contributed by atoms with E-state index in [1.807, 2.05) is 0 Å². The molecule has 102 valence electrons. The zero-order chi connectivity index (χ0) is 13.5. The molecule has 0 aliphatic carbocycles. The highest BCUT2D eigenvalue weighted by Crippen LogP contribution is 2.19. The minimum absolute atomic E-state index is 0.288. The molecule has 0 spiro atoms. The van der Waals surface area contributed by atoms with Crippen LogP contribution in [-0.4, -0.2) is 42.3 Å². The van der Waals surface area contributed by atoms with Crippen LogP contribution in [-0.2, 0) is 0 Å². The van der Waals surface area contributed by atoms with Crippen LogP contribution in [0.3, 0.4) is 0 Å². The molecule has 0 aliphatic heterocycles. The standard InChI is InChI=1S/C13H20BrFN2O/c1-3-17(4-2)9-11(18)8-16-10-5-6-13(15)12(14)7-10/h5-7,11,16,18H,3-4,8-9H2,1-2H3. The molecule has 0 aromatic heterocycles. The lowest BCUT2D eigenvalue weighted by atomic mass is 10.2. The average Bonchev–Trinajstić information content (AvgIpc) is 2.37. The van der Waals surface area contributed by atoms with Crippen molar-refractivity contribution in [2.45, 2.75) is 20.0 Å². The second-order valence-electron chi connectivity index (χ2n) is 4.15. The monoisotopic (exact) mass is 318 g/mol. The third kappa shape index (κ3) is 4.92. The Morgan fingerprint density at radius 3 is 2.61 bits per heavy atom. The fraction of sp³-hybridized carbons (Fsp3) is 0.538. The molecule has 1 aromatic carbocycles. The predicted molar refractivity (Wildman–Crippen MR) is 76.4 cm³/mol. The SMILES string of the molecule is CCN(CC)CC(O)CNc1ccc(F)c(Br)c1. The number of aliphatic hydroxyl groups excluding tert-OH is 1. The molecule has 2 N–H and O–H groups in total. The molecule has 0 saturated heterocycles. The Morgan fingerprint density at radius 1 is 1.39 bits per heavy atom. The number of nitrogens with one attached hydrogen (secondary N) is 1. The van der Waals surface area contributed by atoms with Crippen molar-refractivity contribution in [3.8, 4) is 0 Å². The predicted octanol–water partition coefficient (Wildman–Crippen LogP) is 2.70. The molecule has 18 heavy (non-hydrogen) atoms. The van der Waals surface area contributed by atoms with Gasteiger partial charge in [-0.2, -0.15) is 0 Å². The van der Waals surface area contributed by atoms with Gasteiger partial charge < -0.3 is 15.3 Å². The summed E-state index contributed by atoms with van der Waals surface area (Å²) >= 11 is 3.13. The fourth-order valence-electron chi connectivity index (χ4n) is 1.69. The molecule has 0 bridgehead atoms. The van der Waals surface area contributed by atoms with E-state index in [9.17, 15) is 9.50 Å². The minimum Gasteiger partial charge on any atom is -0.390 e. The smallest absolute Gasteiger partial charge is 0.137 e. The first-order valence-electron chi connectivity index (χ1n) is 6.16. The number of nitrogens with zero attached hydrogens (tertiary/aromatic N) is 1. The maximum Gasteiger partial charge on any atom is 0.137 e. The Kier molecular flexibility index (Phi) is 6.60. The number of rotatable bonds is 7. The van der Waals surface area contributed by atoms with Gasteiger partial charge in [-0.3, -0.25) is 0 Å². The van der Waals surface area contributed by atoms with E-state index in [0.717, 1.165) is 18.8 Å². The average molecular weight is 319 g/mol. The Bertz CT molecular complexity index is 372. The fourth-order valence-corrected chi connectivity index (χ4v) is 2.06. The van der Waals surface area contributed by atoms with E-state index < -0.39 is 6.10 Å². The van der Waals surface area contributed by atoms with Gasteiger partial charge in [0.05, 0.1) is 10.6 Å². The van der Waals surface area contributed by atoms with Gasteiger partial charge in [0.2, 0.25) is 0 Å². The van der Waals surface area contributed by atoms with E-state index in [2.05, 4.69) is 40.0 Å². The summed E-state index contributed by atoms with van der Waals surface area (Å²) in [5.74, 6) is -0.288. The van der Waals surface area contributed by atoms with Gasteiger partial charge in [-0.15, -0.1) is 0 Å². The molecule has 5 heteroatoms. The molecule has 0 heterocycles. The van der Waals surface area contributed by atoms with Crippen molar-refractivity contribution < 1.29 is 9.50 Å². The van der Waals surface area contributed by atoms with E-state index in [0.29, 0.717) is 17.6 Å². The summed E-state index contributed by atoms with van der Waals surface area (Å²) in [4.78, 5) is 2.16. The lowest BCUT2D eigenvalue weighted by Crippen LogP contribution is -2.35. The second-order valence-corrected chi connectivity index (χ2v) is 5.00. The van der Waals surface area contributed by atoms with Crippen LogP contribution in [0.5, 0.6) is 0 Å².